The fraction of sp³-hybridized carbons (Fsp3) is 0.500. The Bertz CT molecular complexity index is 410. The number of hydrogen-bond donors (Lipinski definition) is 1. The zero-order valence-corrected chi connectivity index (χ0v) is 10.6. The van der Waals surface area contributed by atoms with Gasteiger partial charge >= 0.3 is 6.09 Å². The second-order valence-corrected chi connectivity index (χ2v) is 4.29. The van der Waals surface area contributed by atoms with Gasteiger partial charge in [0.25, 0.3) is 5.91 Å². The van der Waals surface area contributed by atoms with Crippen LogP contribution in [0.5, 0.6) is 0 Å². The lowest BCUT2D eigenvalue weighted by Gasteiger charge is -2.20. The van der Waals surface area contributed by atoms with Gasteiger partial charge in [-0.05, 0) is 24.5 Å². The van der Waals surface area contributed by atoms with E-state index in [-0.39, 0.29) is 11.8 Å². The fourth-order valence-corrected chi connectivity index (χ4v) is 1.50. The van der Waals surface area contributed by atoms with Crippen molar-refractivity contribution in [1.82, 2.24) is 9.88 Å². The maximum atomic E-state index is 12.1. The van der Waals surface area contributed by atoms with Crippen LogP contribution in [-0.2, 0) is 4.74 Å². The van der Waals surface area contributed by atoms with Gasteiger partial charge in [-0.1, -0.05) is 13.8 Å². The third kappa shape index (κ3) is 3.34. The number of aryl methyl sites for hydroxylation is 1. The van der Waals surface area contributed by atoms with Gasteiger partial charge in [-0.3, -0.25) is 9.36 Å². The molecule has 94 valence electrons. The van der Waals surface area contributed by atoms with Gasteiger partial charge in [-0.2, -0.15) is 0 Å². The van der Waals surface area contributed by atoms with E-state index in [4.69, 9.17) is 0 Å². The van der Waals surface area contributed by atoms with E-state index in [0.717, 1.165) is 5.56 Å². The minimum absolute atomic E-state index is 0.00990. The van der Waals surface area contributed by atoms with Gasteiger partial charge in [0.1, 0.15) is 6.04 Å². The highest BCUT2D eigenvalue weighted by Gasteiger charge is 2.25. The maximum absolute atomic E-state index is 12.1. The molecule has 5 nitrogen and oxygen atoms in total. The van der Waals surface area contributed by atoms with Crippen LogP contribution in [0.15, 0.2) is 18.5 Å². The second kappa shape index (κ2) is 5.52. The highest BCUT2D eigenvalue weighted by atomic mass is 16.5. The molecule has 1 N–H and O–H groups in total. The number of nitrogens with one attached hydrogen (secondary N) is 1. The number of carbonyl (C=O) groups is 2. The molecule has 0 aliphatic heterocycles. The predicted molar refractivity (Wildman–Crippen MR) is 64.0 cm³/mol. The Morgan fingerprint density at radius 2 is 2.06 bits per heavy atom. The smallest absolute Gasteiger partial charge is 0.407 e. The first-order valence-electron chi connectivity index (χ1n) is 5.49. The Hall–Kier alpha value is -1.78. The zero-order chi connectivity index (χ0) is 13.0. The van der Waals surface area contributed by atoms with Crippen molar-refractivity contribution in [2.24, 2.45) is 5.92 Å². The van der Waals surface area contributed by atoms with Crippen LogP contribution in [0.25, 0.3) is 0 Å². The van der Waals surface area contributed by atoms with Crippen molar-refractivity contribution in [2.45, 2.75) is 26.8 Å². The van der Waals surface area contributed by atoms with E-state index in [1.165, 1.54) is 11.7 Å². The molecule has 0 radical (unpaired) electrons. The van der Waals surface area contributed by atoms with Gasteiger partial charge in [0, 0.05) is 12.4 Å². The molecule has 0 spiro atoms. The summed E-state index contributed by atoms with van der Waals surface area (Å²) in [7, 11) is 1.27. The van der Waals surface area contributed by atoms with E-state index in [0.29, 0.717) is 0 Å². The topological polar surface area (TPSA) is 60.3 Å². The molecule has 0 aromatic carbocycles. The van der Waals surface area contributed by atoms with Gasteiger partial charge in [0.15, 0.2) is 0 Å². The molecule has 0 unspecified atom stereocenters. The summed E-state index contributed by atoms with van der Waals surface area (Å²) in [4.78, 5) is 23.3. The summed E-state index contributed by atoms with van der Waals surface area (Å²) >= 11 is 0. The monoisotopic (exact) mass is 238 g/mol. The van der Waals surface area contributed by atoms with E-state index in [1.807, 2.05) is 26.8 Å². The van der Waals surface area contributed by atoms with Crippen molar-refractivity contribution < 1.29 is 14.3 Å². The number of amides is 1. The van der Waals surface area contributed by atoms with E-state index in [2.05, 4.69) is 10.1 Å². The molecule has 0 bridgehead atoms. The van der Waals surface area contributed by atoms with Crippen molar-refractivity contribution in [3.8, 4) is 0 Å². The molecule has 0 saturated carbocycles. The van der Waals surface area contributed by atoms with Crippen LogP contribution in [0.2, 0.25) is 0 Å². The number of nitrogens with zero attached hydrogens (tertiary/aromatic N) is 1. The number of rotatable bonds is 3. The fourth-order valence-electron chi connectivity index (χ4n) is 1.50. The van der Waals surface area contributed by atoms with Crippen LogP contribution >= 0.6 is 0 Å². The van der Waals surface area contributed by atoms with Crippen molar-refractivity contribution in [1.29, 1.82) is 0 Å². The SMILES string of the molecule is COC(=O)N[C@H](C(=O)n1ccc(C)c1)C(C)C. The quantitative estimate of drug-likeness (QED) is 0.873. The number of hydrogen-bond acceptors (Lipinski definition) is 3. The van der Waals surface area contributed by atoms with Crippen LogP contribution in [0.1, 0.15) is 24.2 Å². The summed E-state index contributed by atoms with van der Waals surface area (Å²) in [6, 6.07) is 1.25. The zero-order valence-electron chi connectivity index (χ0n) is 10.6. The van der Waals surface area contributed by atoms with Crippen LogP contribution in [0.3, 0.4) is 0 Å². The number of ether oxygens (including phenoxy) is 1. The van der Waals surface area contributed by atoms with Gasteiger partial charge in [0.05, 0.1) is 7.11 Å². The van der Waals surface area contributed by atoms with E-state index >= 15 is 0 Å². The van der Waals surface area contributed by atoms with Gasteiger partial charge in [-0.25, -0.2) is 4.79 Å². The Kier molecular flexibility index (Phi) is 4.31. The second-order valence-electron chi connectivity index (χ2n) is 4.29. The molecular formula is C12H18N2O3. The van der Waals surface area contributed by atoms with Crippen LogP contribution < -0.4 is 5.32 Å². The first-order valence-corrected chi connectivity index (χ1v) is 5.49. The minimum Gasteiger partial charge on any atom is -0.453 e. The first kappa shape index (κ1) is 13.3. The summed E-state index contributed by atoms with van der Waals surface area (Å²) in [6.07, 6.45) is 2.82. The standard InChI is InChI=1S/C12H18N2O3/c1-8(2)10(13-12(16)17-4)11(15)14-6-5-9(3)7-14/h5-8,10H,1-4H3,(H,13,16)/t10-/m0/s1. The Balaban J connectivity index is 2.84. The average molecular weight is 238 g/mol. The van der Waals surface area contributed by atoms with Gasteiger partial charge < -0.3 is 10.1 Å². The Morgan fingerprint density at radius 3 is 2.47 bits per heavy atom. The molecule has 0 saturated heterocycles. The van der Waals surface area contributed by atoms with Crippen molar-refractivity contribution in [2.75, 3.05) is 7.11 Å². The molecule has 17 heavy (non-hydrogen) atoms. The molecule has 1 rings (SSSR count). The normalized spacial score (nSPS) is 12.3. The third-order valence-corrected chi connectivity index (χ3v) is 2.49. The number of methoxy groups -OCH3 is 1. The molecule has 1 amide bonds. The van der Waals surface area contributed by atoms with Gasteiger partial charge in [0.2, 0.25) is 0 Å². The van der Waals surface area contributed by atoms with Gasteiger partial charge in [-0.15, -0.1) is 0 Å². The first-order chi connectivity index (χ1) is 7.95. The molecule has 0 aliphatic rings. The Morgan fingerprint density at radius 1 is 1.41 bits per heavy atom. The van der Waals surface area contributed by atoms with Crippen LogP contribution in [0, 0.1) is 12.8 Å². The minimum atomic E-state index is -0.596. The van der Waals surface area contributed by atoms with E-state index in [9.17, 15) is 9.59 Å². The molecule has 1 atom stereocenters. The number of carbonyl (C=O) groups excluding carboxylic acids is 2. The molecule has 1 heterocycles. The van der Waals surface area contributed by atoms with Crippen molar-refractivity contribution in [3.05, 3.63) is 24.0 Å². The highest BCUT2D eigenvalue weighted by Crippen LogP contribution is 2.07. The van der Waals surface area contributed by atoms with Crippen molar-refractivity contribution in [3.63, 3.8) is 0 Å². The summed E-state index contributed by atoms with van der Waals surface area (Å²) in [5, 5.41) is 2.54. The average Bonchev–Trinajstić information content (AvgIpc) is 2.71. The summed E-state index contributed by atoms with van der Waals surface area (Å²) in [5.41, 5.74) is 0.999. The lowest BCUT2D eigenvalue weighted by Crippen LogP contribution is -2.46. The van der Waals surface area contributed by atoms with E-state index in [1.54, 1.807) is 12.4 Å². The molecule has 5 heteroatoms. The number of aromatic nitrogens is 1. The highest BCUT2D eigenvalue weighted by molar-refractivity contribution is 5.87. The summed E-state index contributed by atoms with van der Waals surface area (Å²) in [6.45, 7) is 5.64. The van der Waals surface area contributed by atoms with Crippen LogP contribution in [-0.4, -0.2) is 29.7 Å². The molecule has 0 fully saturated rings. The summed E-state index contributed by atoms with van der Waals surface area (Å²) in [5.74, 6) is -0.178. The molecule has 0 aliphatic carbocycles. The lowest BCUT2D eigenvalue weighted by molar-refractivity contribution is 0.0819. The molecule has 1 aromatic rings. The number of alkyl carbamates (subject to hydrolysis) is 1. The van der Waals surface area contributed by atoms with Crippen molar-refractivity contribution >= 4 is 12.0 Å². The largest absolute Gasteiger partial charge is 0.453 e. The van der Waals surface area contributed by atoms with Crippen LogP contribution in [0.4, 0.5) is 4.79 Å². The molecule has 1 aromatic heterocycles. The third-order valence-electron chi connectivity index (χ3n) is 2.49. The summed E-state index contributed by atoms with van der Waals surface area (Å²) < 4.78 is 5.99. The molecular weight excluding hydrogens is 220 g/mol. The van der Waals surface area contributed by atoms with E-state index < -0.39 is 12.1 Å². The lowest BCUT2D eigenvalue weighted by atomic mass is 10.0. The Labute approximate surface area is 101 Å². The maximum Gasteiger partial charge on any atom is 0.407 e. The predicted octanol–water partition coefficient (Wildman–Crippen LogP) is 1.82.